The molecule has 0 bridgehead atoms. The molecule has 0 spiro atoms. The summed E-state index contributed by atoms with van der Waals surface area (Å²) in [6.07, 6.45) is 17.4. The van der Waals surface area contributed by atoms with Crippen molar-refractivity contribution >= 4 is 0 Å². The first-order valence-electron chi connectivity index (χ1n) is 8.66. The number of rotatable bonds is 15. The van der Waals surface area contributed by atoms with Crippen LogP contribution in [-0.4, -0.2) is 18.3 Å². The molecule has 1 atom stereocenters. The van der Waals surface area contributed by atoms with Gasteiger partial charge in [0.1, 0.15) is 0 Å². The number of unbranched alkanes of at least 4 members (excludes halogenated alkanes) is 10. The van der Waals surface area contributed by atoms with Gasteiger partial charge in [-0.2, -0.15) is 0 Å². The molecule has 1 unspecified atom stereocenters. The highest BCUT2D eigenvalue weighted by atomic mass is 16.3. The molecule has 0 aromatic carbocycles. The minimum atomic E-state index is 0.292. The Morgan fingerprint density at radius 3 is 1.63 bits per heavy atom. The number of hydrogen-bond acceptors (Lipinski definition) is 2. The monoisotopic (exact) mass is 271 g/mol. The highest BCUT2D eigenvalue weighted by molar-refractivity contribution is 4.59. The van der Waals surface area contributed by atoms with Crippen molar-refractivity contribution in [1.82, 2.24) is 0 Å². The summed E-state index contributed by atoms with van der Waals surface area (Å²) in [7, 11) is 0. The van der Waals surface area contributed by atoms with Crippen LogP contribution in [0, 0.1) is 5.92 Å². The molecule has 2 nitrogen and oxygen atoms in total. The van der Waals surface area contributed by atoms with E-state index in [1.165, 1.54) is 77.0 Å². The van der Waals surface area contributed by atoms with E-state index in [0.717, 1.165) is 13.0 Å². The van der Waals surface area contributed by atoms with Gasteiger partial charge >= 0.3 is 0 Å². The van der Waals surface area contributed by atoms with Crippen molar-refractivity contribution in [2.45, 2.75) is 90.4 Å². The predicted octanol–water partition coefficient (Wildman–Crippen LogP) is 4.64. The topological polar surface area (TPSA) is 46.2 Å². The van der Waals surface area contributed by atoms with Crippen molar-refractivity contribution < 1.29 is 5.11 Å². The zero-order chi connectivity index (χ0) is 14.2. The Kier molecular flexibility index (Phi) is 15.9. The lowest BCUT2D eigenvalue weighted by molar-refractivity contribution is 0.252. The molecule has 19 heavy (non-hydrogen) atoms. The third kappa shape index (κ3) is 14.1. The van der Waals surface area contributed by atoms with Crippen LogP contribution in [0.15, 0.2) is 0 Å². The maximum absolute atomic E-state index is 8.89. The first-order valence-corrected chi connectivity index (χ1v) is 8.66. The highest BCUT2D eigenvalue weighted by Gasteiger charge is 2.04. The van der Waals surface area contributed by atoms with Crippen LogP contribution in [0.1, 0.15) is 90.4 Å². The lowest BCUT2D eigenvalue weighted by atomic mass is 9.97. The Bertz CT molecular complexity index is 161. The lowest BCUT2D eigenvalue weighted by Crippen LogP contribution is -2.15. The summed E-state index contributed by atoms with van der Waals surface area (Å²) in [4.78, 5) is 0. The number of aliphatic hydroxyl groups excluding tert-OH is 1. The van der Waals surface area contributed by atoms with Gasteiger partial charge in [0.15, 0.2) is 0 Å². The molecule has 0 rings (SSSR count). The summed E-state index contributed by atoms with van der Waals surface area (Å²) in [5.41, 5.74) is 5.68. The highest BCUT2D eigenvalue weighted by Crippen LogP contribution is 2.15. The second-order valence-electron chi connectivity index (χ2n) is 5.94. The molecule has 0 radical (unpaired) electrons. The van der Waals surface area contributed by atoms with Gasteiger partial charge in [-0.1, -0.05) is 77.6 Å². The first-order chi connectivity index (χ1) is 9.35. The van der Waals surface area contributed by atoms with Crippen molar-refractivity contribution in [2.24, 2.45) is 11.7 Å². The fourth-order valence-electron chi connectivity index (χ4n) is 2.66. The van der Waals surface area contributed by atoms with E-state index in [1.54, 1.807) is 0 Å². The van der Waals surface area contributed by atoms with Gasteiger partial charge in [-0.05, 0) is 25.3 Å². The largest absolute Gasteiger partial charge is 0.396 e. The van der Waals surface area contributed by atoms with E-state index in [9.17, 15) is 0 Å². The summed E-state index contributed by atoms with van der Waals surface area (Å²) in [5.74, 6) is 0.545. The Balaban J connectivity index is 3.09. The van der Waals surface area contributed by atoms with Crippen LogP contribution in [0.3, 0.4) is 0 Å². The van der Waals surface area contributed by atoms with Gasteiger partial charge in [0, 0.05) is 6.61 Å². The Hall–Kier alpha value is -0.0800. The van der Waals surface area contributed by atoms with E-state index >= 15 is 0 Å². The Morgan fingerprint density at radius 2 is 1.21 bits per heavy atom. The van der Waals surface area contributed by atoms with E-state index in [0.29, 0.717) is 12.5 Å². The standard InChI is InChI=1S/C17H37NO/c1-2-3-4-5-6-7-8-9-10-11-12-13-17(16-18)14-15-19/h17,19H,2-16,18H2,1H3. The molecule has 0 saturated carbocycles. The van der Waals surface area contributed by atoms with E-state index in [2.05, 4.69) is 6.92 Å². The van der Waals surface area contributed by atoms with Gasteiger partial charge in [-0.25, -0.2) is 0 Å². The van der Waals surface area contributed by atoms with Gasteiger partial charge in [-0.15, -0.1) is 0 Å². The Morgan fingerprint density at radius 1 is 0.737 bits per heavy atom. The average Bonchev–Trinajstić information content (AvgIpc) is 2.43. The quantitative estimate of drug-likeness (QED) is 0.426. The predicted molar refractivity (Wildman–Crippen MR) is 85.3 cm³/mol. The average molecular weight is 271 g/mol. The number of nitrogens with two attached hydrogens (primary N) is 1. The van der Waals surface area contributed by atoms with Crippen molar-refractivity contribution in [3.8, 4) is 0 Å². The van der Waals surface area contributed by atoms with Crippen molar-refractivity contribution in [3.63, 3.8) is 0 Å². The van der Waals surface area contributed by atoms with Crippen LogP contribution in [0.2, 0.25) is 0 Å². The molecule has 0 aliphatic rings. The van der Waals surface area contributed by atoms with Crippen LogP contribution in [-0.2, 0) is 0 Å². The summed E-state index contributed by atoms with van der Waals surface area (Å²) >= 11 is 0. The normalized spacial score (nSPS) is 12.8. The zero-order valence-corrected chi connectivity index (χ0v) is 13.2. The summed E-state index contributed by atoms with van der Waals surface area (Å²) in [6.45, 7) is 3.30. The van der Waals surface area contributed by atoms with Gasteiger partial charge < -0.3 is 10.8 Å². The molecule has 3 N–H and O–H groups in total. The van der Waals surface area contributed by atoms with Crippen LogP contribution in [0.5, 0.6) is 0 Å². The van der Waals surface area contributed by atoms with Gasteiger partial charge in [0.25, 0.3) is 0 Å². The zero-order valence-electron chi connectivity index (χ0n) is 13.2. The molecule has 0 aliphatic carbocycles. The minimum Gasteiger partial charge on any atom is -0.396 e. The molecular formula is C17H37NO. The second kappa shape index (κ2) is 16.0. The molecule has 0 aromatic rings. The van der Waals surface area contributed by atoms with Gasteiger partial charge in [0.05, 0.1) is 0 Å². The smallest absolute Gasteiger partial charge is 0.0434 e. The molecule has 0 aromatic heterocycles. The maximum Gasteiger partial charge on any atom is 0.0434 e. The van der Waals surface area contributed by atoms with E-state index in [4.69, 9.17) is 10.8 Å². The fraction of sp³-hybridized carbons (Fsp3) is 1.00. The third-order valence-corrected chi connectivity index (χ3v) is 4.09. The van der Waals surface area contributed by atoms with Crippen LogP contribution >= 0.6 is 0 Å². The van der Waals surface area contributed by atoms with Gasteiger partial charge in [-0.3, -0.25) is 0 Å². The molecule has 0 fully saturated rings. The lowest BCUT2D eigenvalue weighted by Gasteiger charge is -2.12. The Labute approximate surface area is 121 Å². The van der Waals surface area contributed by atoms with Crippen molar-refractivity contribution in [2.75, 3.05) is 13.2 Å². The molecule has 116 valence electrons. The van der Waals surface area contributed by atoms with Crippen LogP contribution in [0.4, 0.5) is 0 Å². The van der Waals surface area contributed by atoms with Crippen molar-refractivity contribution in [3.05, 3.63) is 0 Å². The summed E-state index contributed by atoms with van der Waals surface area (Å²) < 4.78 is 0. The van der Waals surface area contributed by atoms with E-state index < -0.39 is 0 Å². The summed E-state index contributed by atoms with van der Waals surface area (Å²) in [6, 6.07) is 0. The molecule has 0 aliphatic heterocycles. The molecule has 2 heteroatoms. The molecule has 0 amide bonds. The number of hydrogen-bond donors (Lipinski definition) is 2. The van der Waals surface area contributed by atoms with E-state index in [1.807, 2.05) is 0 Å². The first kappa shape index (κ1) is 18.9. The molecule has 0 heterocycles. The van der Waals surface area contributed by atoms with Gasteiger partial charge in [0.2, 0.25) is 0 Å². The van der Waals surface area contributed by atoms with Crippen molar-refractivity contribution in [1.29, 1.82) is 0 Å². The minimum absolute atomic E-state index is 0.292. The maximum atomic E-state index is 8.89. The van der Waals surface area contributed by atoms with E-state index in [-0.39, 0.29) is 0 Å². The second-order valence-corrected chi connectivity index (χ2v) is 5.94. The molecular weight excluding hydrogens is 234 g/mol. The summed E-state index contributed by atoms with van der Waals surface area (Å²) in [5, 5.41) is 8.89. The fourth-order valence-corrected chi connectivity index (χ4v) is 2.66. The van der Waals surface area contributed by atoms with Crippen LogP contribution < -0.4 is 5.73 Å². The van der Waals surface area contributed by atoms with Crippen LogP contribution in [0.25, 0.3) is 0 Å². The molecule has 0 saturated heterocycles. The third-order valence-electron chi connectivity index (χ3n) is 4.09. The number of aliphatic hydroxyl groups is 1. The SMILES string of the molecule is CCCCCCCCCCCCCC(CN)CCO.